The highest BCUT2D eigenvalue weighted by molar-refractivity contribution is 7.16. The summed E-state index contributed by atoms with van der Waals surface area (Å²) in [5.41, 5.74) is 0. The lowest BCUT2D eigenvalue weighted by molar-refractivity contribution is -0.138. The molecule has 1 aromatic heterocycles. The molecule has 0 atom stereocenters. The summed E-state index contributed by atoms with van der Waals surface area (Å²) in [6.07, 6.45) is 0.260. The second kappa shape index (κ2) is 6.61. The van der Waals surface area contributed by atoms with E-state index in [4.69, 9.17) is 16.7 Å². The largest absolute Gasteiger partial charge is 0.481 e. The summed E-state index contributed by atoms with van der Waals surface area (Å²) >= 11 is 7.15. The summed E-state index contributed by atoms with van der Waals surface area (Å²) in [5, 5.41) is 8.58. The number of rotatable bonds is 6. The molecule has 0 spiro atoms. The van der Waals surface area contributed by atoms with Crippen molar-refractivity contribution < 1.29 is 14.7 Å². The number of likely N-dealkylation sites (N-methyl/N-ethyl adjacent to an activating group) is 1. The number of aliphatic carboxylic acids is 1. The molecule has 0 saturated heterocycles. The van der Waals surface area contributed by atoms with Crippen LogP contribution in [-0.4, -0.2) is 35.0 Å². The van der Waals surface area contributed by atoms with E-state index in [1.165, 1.54) is 11.3 Å². The number of carbonyl (C=O) groups is 2. The number of hydrogen-bond acceptors (Lipinski definition) is 3. The zero-order valence-electron chi connectivity index (χ0n) is 9.48. The van der Waals surface area contributed by atoms with Crippen LogP contribution in [0.3, 0.4) is 0 Å². The number of thiophene rings is 1. The van der Waals surface area contributed by atoms with Crippen molar-refractivity contribution in [1.29, 1.82) is 0 Å². The molecule has 0 aliphatic carbocycles. The van der Waals surface area contributed by atoms with Crippen molar-refractivity contribution in [1.82, 2.24) is 4.90 Å². The van der Waals surface area contributed by atoms with Crippen molar-refractivity contribution in [3.8, 4) is 0 Å². The summed E-state index contributed by atoms with van der Waals surface area (Å²) in [5.74, 6) is -0.956. The first-order valence-corrected chi connectivity index (χ1v) is 6.46. The standard InChI is InChI=1S/C11H14ClNO3S/c1-2-13(6-5-11(15)16)10(14)7-8-3-4-9(12)17-8/h3-4H,2,5-7H2,1H3,(H,15,16). The molecule has 0 bridgehead atoms. The average Bonchev–Trinajstić information content (AvgIpc) is 2.64. The summed E-state index contributed by atoms with van der Waals surface area (Å²) in [7, 11) is 0. The minimum absolute atomic E-state index is 0.0230. The van der Waals surface area contributed by atoms with Gasteiger partial charge in [0.2, 0.25) is 5.91 Å². The Kier molecular flexibility index (Phi) is 5.44. The molecule has 17 heavy (non-hydrogen) atoms. The molecule has 94 valence electrons. The summed E-state index contributed by atoms with van der Waals surface area (Å²) in [4.78, 5) is 24.8. The number of carbonyl (C=O) groups excluding carboxylic acids is 1. The van der Waals surface area contributed by atoms with Crippen molar-refractivity contribution in [2.45, 2.75) is 19.8 Å². The second-order valence-electron chi connectivity index (χ2n) is 3.50. The van der Waals surface area contributed by atoms with E-state index in [2.05, 4.69) is 0 Å². The normalized spacial score (nSPS) is 10.2. The van der Waals surface area contributed by atoms with Crippen LogP contribution in [0.4, 0.5) is 0 Å². The van der Waals surface area contributed by atoms with E-state index in [0.29, 0.717) is 10.9 Å². The lowest BCUT2D eigenvalue weighted by atomic mass is 10.3. The molecule has 1 N–H and O–H groups in total. The highest BCUT2D eigenvalue weighted by atomic mass is 35.5. The molecule has 4 nitrogen and oxygen atoms in total. The summed E-state index contributed by atoms with van der Waals surface area (Å²) in [6.45, 7) is 2.61. The predicted octanol–water partition coefficient (Wildman–Crippen LogP) is 2.27. The number of carboxylic acids is 1. The van der Waals surface area contributed by atoms with Crippen molar-refractivity contribution in [3.05, 3.63) is 21.3 Å². The van der Waals surface area contributed by atoms with Gasteiger partial charge in [0, 0.05) is 18.0 Å². The quantitative estimate of drug-likeness (QED) is 0.866. The van der Waals surface area contributed by atoms with Gasteiger partial charge in [-0.05, 0) is 19.1 Å². The molecular formula is C11H14ClNO3S. The van der Waals surface area contributed by atoms with E-state index < -0.39 is 5.97 Å². The Morgan fingerprint density at radius 3 is 2.65 bits per heavy atom. The van der Waals surface area contributed by atoms with Crippen molar-refractivity contribution in [3.63, 3.8) is 0 Å². The monoisotopic (exact) mass is 275 g/mol. The van der Waals surface area contributed by atoms with E-state index in [-0.39, 0.29) is 25.3 Å². The van der Waals surface area contributed by atoms with Gasteiger partial charge in [0.15, 0.2) is 0 Å². The highest BCUT2D eigenvalue weighted by Crippen LogP contribution is 2.22. The van der Waals surface area contributed by atoms with Crippen molar-refractivity contribution in [2.24, 2.45) is 0 Å². The first-order chi connectivity index (χ1) is 8.02. The van der Waals surface area contributed by atoms with E-state index >= 15 is 0 Å². The number of nitrogens with zero attached hydrogens (tertiary/aromatic N) is 1. The molecule has 0 saturated carbocycles. The maximum Gasteiger partial charge on any atom is 0.305 e. The van der Waals surface area contributed by atoms with Crippen LogP contribution in [0.5, 0.6) is 0 Å². The van der Waals surface area contributed by atoms with Gasteiger partial charge in [-0.25, -0.2) is 0 Å². The Bertz CT molecular complexity index is 405. The van der Waals surface area contributed by atoms with E-state index in [0.717, 1.165) is 4.88 Å². The van der Waals surface area contributed by atoms with Gasteiger partial charge in [-0.3, -0.25) is 9.59 Å². The molecule has 1 aromatic rings. The van der Waals surface area contributed by atoms with Crippen molar-refractivity contribution in [2.75, 3.05) is 13.1 Å². The first-order valence-electron chi connectivity index (χ1n) is 5.26. The van der Waals surface area contributed by atoms with E-state index in [1.54, 1.807) is 11.0 Å². The molecular weight excluding hydrogens is 262 g/mol. The van der Waals surface area contributed by atoms with Gasteiger partial charge >= 0.3 is 5.97 Å². The predicted molar refractivity (Wildman–Crippen MR) is 67.5 cm³/mol. The van der Waals surface area contributed by atoms with E-state index in [9.17, 15) is 9.59 Å². The van der Waals surface area contributed by atoms with Gasteiger partial charge in [-0.2, -0.15) is 0 Å². The molecule has 0 unspecified atom stereocenters. The second-order valence-corrected chi connectivity index (χ2v) is 5.30. The minimum atomic E-state index is -0.893. The topological polar surface area (TPSA) is 57.6 Å². The lowest BCUT2D eigenvalue weighted by Crippen LogP contribution is -2.33. The number of amides is 1. The third-order valence-electron chi connectivity index (χ3n) is 2.28. The molecule has 0 aliphatic rings. The van der Waals surface area contributed by atoms with Gasteiger partial charge in [0.1, 0.15) is 0 Å². The van der Waals surface area contributed by atoms with Gasteiger partial charge in [-0.1, -0.05) is 11.6 Å². The number of carboxylic acid groups (broad SMARTS) is 1. The molecule has 0 fully saturated rings. The fourth-order valence-electron chi connectivity index (χ4n) is 1.40. The maximum absolute atomic E-state index is 11.9. The fraction of sp³-hybridized carbons (Fsp3) is 0.455. The van der Waals surface area contributed by atoms with Gasteiger partial charge in [-0.15, -0.1) is 11.3 Å². The Labute approximate surface area is 109 Å². The molecule has 1 rings (SSSR count). The highest BCUT2D eigenvalue weighted by Gasteiger charge is 2.14. The number of halogens is 1. The Morgan fingerprint density at radius 1 is 1.47 bits per heavy atom. The zero-order chi connectivity index (χ0) is 12.8. The van der Waals surface area contributed by atoms with Crippen LogP contribution < -0.4 is 0 Å². The summed E-state index contributed by atoms with van der Waals surface area (Å²) in [6, 6.07) is 3.57. The molecule has 6 heteroatoms. The van der Waals surface area contributed by atoms with Crippen LogP contribution in [0, 0.1) is 0 Å². The molecule has 0 radical (unpaired) electrons. The minimum Gasteiger partial charge on any atom is -0.481 e. The van der Waals surface area contributed by atoms with Crippen LogP contribution in [0.25, 0.3) is 0 Å². The first kappa shape index (κ1) is 14.0. The number of hydrogen-bond donors (Lipinski definition) is 1. The maximum atomic E-state index is 11.9. The van der Waals surface area contributed by atoms with Crippen LogP contribution >= 0.6 is 22.9 Å². The lowest BCUT2D eigenvalue weighted by Gasteiger charge is -2.19. The molecule has 1 heterocycles. The van der Waals surface area contributed by atoms with Crippen LogP contribution in [0.2, 0.25) is 4.34 Å². The third kappa shape index (κ3) is 4.75. The average molecular weight is 276 g/mol. The van der Waals surface area contributed by atoms with Crippen LogP contribution in [-0.2, 0) is 16.0 Å². The molecule has 0 aliphatic heterocycles. The third-order valence-corrected chi connectivity index (χ3v) is 3.52. The zero-order valence-corrected chi connectivity index (χ0v) is 11.1. The van der Waals surface area contributed by atoms with Gasteiger partial charge in [0.05, 0.1) is 17.2 Å². The Hall–Kier alpha value is -1.07. The smallest absolute Gasteiger partial charge is 0.305 e. The fourth-order valence-corrected chi connectivity index (χ4v) is 2.48. The van der Waals surface area contributed by atoms with Gasteiger partial charge < -0.3 is 10.0 Å². The van der Waals surface area contributed by atoms with E-state index in [1.807, 2.05) is 13.0 Å². The molecule has 1 amide bonds. The summed E-state index contributed by atoms with van der Waals surface area (Å²) < 4.78 is 0.654. The Morgan fingerprint density at radius 2 is 2.18 bits per heavy atom. The SMILES string of the molecule is CCN(CCC(=O)O)C(=O)Cc1ccc(Cl)s1. The van der Waals surface area contributed by atoms with Crippen LogP contribution in [0.1, 0.15) is 18.2 Å². The van der Waals surface area contributed by atoms with Crippen LogP contribution in [0.15, 0.2) is 12.1 Å². The Balaban J connectivity index is 2.51. The van der Waals surface area contributed by atoms with Crippen molar-refractivity contribution >= 4 is 34.8 Å². The van der Waals surface area contributed by atoms with Gasteiger partial charge in [0.25, 0.3) is 0 Å². The molecule has 0 aromatic carbocycles.